The maximum Gasteiger partial charge on any atom is 0.339 e. The van der Waals surface area contributed by atoms with Crippen LogP contribution < -0.4 is 0 Å². The van der Waals surface area contributed by atoms with Crippen LogP contribution in [0.25, 0.3) is 0 Å². The van der Waals surface area contributed by atoms with Crippen LogP contribution in [-0.2, 0) is 19.1 Å². The van der Waals surface area contributed by atoms with Crippen LogP contribution in [0.2, 0.25) is 5.02 Å². The van der Waals surface area contributed by atoms with Gasteiger partial charge in [0.15, 0.2) is 17.1 Å². The number of methoxy groups -OCH3 is 1. The number of benzene rings is 1. The molecular weight excluding hydrogens is 336 g/mol. The second-order valence-electron chi connectivity index (χ2n) is 5.41. The van der Waals surface area contributed by atoms with Crippen molar-refractivity contribution in [3.63, 3.8) is 0 Å². The molecule has 7 heteroatoms. The minimum Gasteiger partial charge on any atom is -0.493 e. The van der Waals surface area contributed by atoms with E-state index < -0.39 is 29.2 Å². The molecule has 0 spiro atoms. The molecule has 2 atom stereocenters. The van der Waals surface area contributed by atoms with Crippen LogP contribution in [-0.4, -0.2) is 41.5 Å². The Labute approximate surface area is 144 Å². The molecule has 1 aliphatic rings. The Bertz CT molecular complexity index is 711. The van der Waals surface area contributed by atoms with E-state index in [1.165, 1.54) is 19.2 Å². The minimum atomic E-state index is -2.11. The zero-order chi connectivity index (χ0) is 17.9. The first-order chi connectivity index (χ1) is 11.3. The lowest BCUT2D eigenvalue weighted by Gasteiger charge is -2.35. The third kappa shape index (κ3) is 3.34. The molecule has 0 saturated carbocycles. The average Bonchev–Trinajstić information content (AvgIpc) is 2.55. The van der Waals surface area contributed by atoms with Crippen molar-refractivity contribution >= 4 is 29.1 Å². The van der Waals surface area contributed by atoms with Gasteiger partial charge in [-0.15, -0.1) is 0 Å². The molecule has 0 aliphatic heterocycles. The van der Waals surface area contributed by atoms with Gasteiger partial charge < -0.3 is 14.6 Å². The molecule has 6 nitrogen and oxygen atoms in total. The van der Waals surface area contributed by atoms with E-state index in [0.717, 1.165) is 6.08 Å². The van der Waals surface area contributed by atoms with Crippen LogP contribution in [0.1, 0.15) is 30.1 Å². The van der Waals surface area contributed by atoms with Crippen molar-refractivity contribution < 1.29 is 29.0 Å². The van der Waals surface area contributed by atoms with Crippen molar-refractivity contribution in [1.82, 2.24) is 0 Å². The Balaban J connectivity index is 2.36. The zero-order valence-electron chi connectivity index (χ0n) is 13.2. The largest absolute Gasteiger partial charge is 0.493 e. The molecule has 0 amide bonds. The highest BCUT2D eigenvalue weighted by Crippen LogP contribution is 2.30. The lowest BCUT2D eigenvalue weighted by Crippen LogP contribution is -2.57. The number of hydrogen-bond acceptors (Lipinski definition) is 6. The molecule has 0 bridgehead atoms. The average molecular weight is 353 g/mol. The Morgan fingerprint density at radius 2 is 2.08 bits per heavy atom. The van der Waals surface area contributed by atoms with Crippen LogP contribution in [0.4, 0.5) is 0 Å². The summed E-state index contributed by atoms with van der Waals surface area (Å²) in [5.74, 6) is -2.62. The highest BCUT2D eigenvalue weighted by Gasteiger charge is 2.53. The molecule has 0 aromatic heterocycles. The van der Waals surface area contributed by atoms with Crippen molar-refractivity contribution in [2.75, 3.05) is 7.11 Å². The fourth-order valence-electron chi connectivity index (χ4n) is 2.53. The van der Waals surface area contributed by atoms with Crippen LogP contribution in [0.3, 0.4) is 0 Å². The number of carbonyl (C=O) groups is 3. The minimum absolute atomic E-state index is 0.0292. The summed E-state index contributed by atoms with van der Waals surface area (Å²) in [4.78, 5) is 36.9. The number of hydrogen-bond donors (Lipinski definition) is 1. The van der Waals surface area contributed by atoms with Crippen LogP contribution in [0, 0.1) is 0 Å². The van der Waals surface area contributed by atoms with Crippen LogP contribution >= 0.6 is 11.6 Å². The number of esters is 1. The summed E-state index contributed by atoms with van der Waals surface area (Å²) < 4.78 is 10.0. The molecule has 2 rings (SSSR count). The van der Waals surface area contributed by atoms with E-state index in [1.54, 1.807) is 19.1 Å². The molecule has 0 fully saturated rings. The van der Waals surface area contributed by atoms with E-state index in [4.69, 9.17) is 21.1 Å². The SMILES string of the molecule is CCC[C@]1(O)C(=O)C=C(OC)C(=O)[C@H]1OC(=O)c1cccc(Cl)c1. The summed E-state index contributed by atoms with van der Waals surface area (Å²) in [5.41, 5.74) is -2.00. The first kappa shape index (κ1) is 18.2. The van der Waals surface area contributed by atoms with Gasteiger partial charge in [-0.05, 0) is 24.6 Å². The Hall–Kier alpha value is -2.18. The Morgan fingerprint density at radius 1 is 1.38 bits per heavy atom. The molecular formula is C17H17ClO6. The molecule has 24 heavy (non-hydrogen) atoms. The quantitative estimate of drug-likeness (QED) is 0.816. The third-order valence-corrected chi connectivity index (χ3v) is 3.97. The van der Waals surface area contributed by atoms with Gasteiger partial charge in [0.2, 0.25) is 11.9 Å². The summed E-state index contributed by atoms with van der Waals surface area (Å²) in [6.45, 7) is 1.74. The number of carbonyl (C=O) groups excluding carboxylic acids is 3. The topological polar surface area (TPSA) is 89.9 Å². The molecule has 1 aromatic carbocycles. The number of Topliss-reactive ketones (excluding diaryl/α,β-unsaturated/α-hetero) is 1. The lowest BCUT2D eigenvalue weighted by molar-refractivity contribution is -0.160. The van der Waals surface area contributed by atoms with Gasteiger partial charge in [-0.3, -0.25) is 9.59 Å². The van der Waals surface area contributed by atoms with E-state index in [0.29, 0.717) is 11.4 Å². The van der Waals surface area contributed by atoms with Gasteiger partial charge in [0.05, 0.1) is 12.7 Å². The number of rotatable bonds is 5. The first-order valence-corrected chi connectivity index (χ1v) is 7.74. The zero-order valence-corrected chi connectivity index (χ0v) is 14.0. The van der Waals surface area contributed by atoms with Gasteiger partial charge in [-0.25, -0.2) is 4.79 Å². The summed E-state index contributed by atoms with van der Waals surface area (Å²) in [6, 6.07) is 5.94. The monoisotopic (exact) mass is 352 g/mol. The molecule has 128 valence electrons. The maximum absolute atomic E-state index is 12.4. The standard InChI is InChI=1S/C17H17ClO6/c1-3-7-17(22)13(19)9-12(23-2)14(20)15(17)24-16(21)10-5-4-6-11(18)8-10/h4-6,8-9,15,22H,3,7H2,1-2H3/t15-,17+/m1/s1. The van der Waals surface area contributed by atoms with E-state index in [9.17, 15) is 19.5 Å². The first-order valence-electron chi connectivity index (χ1n) is 7.36. The smallest absolute Gasteiger partial charge is 0.339 e. The summed E-state index contributed by atoms with van der Waals surface area (Å²) in [6.07, 6.45) is -0.353. The van der Waals surface area contributed by atoms with Gasteiger partial charge in [0.25, 0.3) is 0 Å². The maximum atomic E-state index is 12.4. The fourth-order valence-corrected chi connectivity index (χ4v) is 2.72. The highest BCUT2D eigenvalue weighted by atomic mass is 35.5. The molecule has 1 N–H and O–H groups in total. The second-order valence-corrected chi connectivity index (χ2v) is 5.85. The van der Waals surface area contributed by atoms with Crippen LogP contribution in [0.15, 0.2) is 36.1 Å². The Kier molecular flexibility index (Phi) is 5.41. The summed E-state index contributed by atoms with van der Waals surface area (Å²) >= 11 is 5.83. The number of aliphatic hydroxyl groups is 1. The Morgan fingerprint density at radius 3 is 2.67 bits per heavy atom. The fraction of sp³-hybridized carbons (Fsp3) is 0.353. The molecule has 0 unspecified atom stereocenters. The van der Waals surface area contributed by atoms with Gasteiger partial charge in [-0.2, -0.15) is 0 Å². The highest BCUT2D eigenvalue weighted by molar-refractivity contribution is 6.30. The van der Waals surface area contributed by atoms with Crippen molar-refractivity contribution in [1.29, 1.82) is 0 Å². The van der Waals surface area contributed by atoms with E-state index in [-0.39, 0.29) is 17.7 Å². The van der Waals surface area contributed by atoms with E-state index in [2.05, 4.69) is 0 Å². The van der Waals surface area contributed by atoms with Crippen LogP contribution in [0.5, 0.6) is 0 Å². The molecule has 0 heterocycles. The van der Waals surface area contributed by atoms with E-state index >= 15 is 0 Å². The number of ether oxygens (including phenoxy) is 2. The number of halogens is 1. The lowest BCUT2D eigenvalue weighted by atomic mass is 9.80. The molecule has 1 aliphatic carbocycles. The second kappa shape index (κ2) is 7.15. The van der Waals surface area contributed by atoms with Crippen molar-refractivity contribution in [3.8, 4) is 0 Å². The summed E-state index contributed by atoms with van der Waals surface area (Å²) in [5, 5.41) is 11.0. The van der Waals surface area contributed by atoms with Gasteiger partial charge in [0.1, 0.15) is 0 Å². The summed E-state index contributed by atoms with van der Waals surface area (Å²) in [7, 11) is 1.22. The predicted molar refractivity (Wildman–Crippen MR) is 85.6 cm³/mol. The number of ketones is 2. The van der Waals surface area contributed by atoms with E-state index in [1.807, 2.05) is 0 Å². The molecule has 0 saturated heterocycles. The predicted octanol–water partition coefficient (Wildman–Crippen LogP) is 2.08. The van der Waals surface area contributed by atoms with Gasteiger partial charge in [-0.1, -0.05) is 31.0 Å². The normalized spacial score (nSPS) is 23.7. The van der Waals surface area contributed by atoms with Crippen molar-refractivity contribution in [2.45, 2.75) is 31.5 Å². The van der Waals surface area contributed by atoms with Crippen molar-refractivity contribution in [2.24, 2.45) is 0 Å². The molecule has 0 radical (unpaired) electrons. The van der Waals surface area contributed by atoms with Gasteiger partial charge >= 0.3 is 5.97 Å². The van der Waals surface area contributed by atoms with Gasteiger partial charge in [0, 0.05) is 11.1 Å². The van der Waals surface area contributed by atoms with Crippen molar-refractivity contribution in [3.05, 3.63) is 46.7 Å². The third-order valence-electron chi connectivity index (χ3n) is 3.74. The molecule has 1 aromatic rings.